The summed E-state index contributed by atoms with van der Waals surface area (Å²) in [4.78, 5) is 0.189. The predicted octanol–water partition coefficient (Wildman–Crippen LogP) is 4.03. The Morgan fingerprint density at radius 1 is 1.30 bits per heavy atom. The quantitative estimate of drug-likeness (QED) is 0.633. The van der Waals surface area contributed by atoms with Crippen molar-refractivity contribution >= 4 is 54.5 Å². The molecular formula is C14H10ClFN2O2S3. The lowest BCUT2D eigenvalue weighted by Gasteiger charge is -2.01. The van der Waals surface area contributed by atoms with Gasteiger partial charge in [0.25, 0.3) is 10.0 Å². The first kappa shape index (κ1) is 16.4. The van der Waals surface area contributed by atoms with Crippen LogP contribution in [0.3, 0.4) is 0 Å². The van der Waals surface area contributed by atoms with Gasteiger partial charge in [0.05, 0.1) is 14.6 Å². The Kier molecular flexibility index (Phi) is 4.41. The first-order valence-electron chi connectivity index (χ1n) is 6.37. The average Bonchev–Trinajstić information content (AvgIpc) is 3.05. The van der Waals surface area contributed by atoms with E-state index in [0.717, 1.165) is 22.7 Å². The first-order valence-corrected chi connectivity index (χ1v) is 9.82. The van der Waals surface area contributed by atoms with Gasteiger partial charge in [0.15, 0.2) is 0 Å². The SMILES string of the molecule is C=CCn1/c(=N/S(=O)(=O)c2ccc(Cl)s2)sc2cccc(F)c21. The van der Waals surface area contributed by atoms with E-state index in [0.29, 0.717) is 14.6 Å². The molecule has 0 aliphatic carbocycles. The number of allylic oxidation sites excluding steroid dienone is 1. The van der Waals surface area contributed by atoms with Gasteiger partial charge in [-0.25, -0.2) is 4.39 Å². The van der Waals surface area contributed by atoms with Crippen molar-refractivity contribution in [3.8, 4) is 0 Å². The lowest BCUT2D eigenvalue weighted by Crippen LogP contribution is -2.16. The van der Waals surface area contributed by atoms with Crippen LogP contribution in [0.2, 0.25) is 4.34 Å². The number of aromatic nitrogens is 1. The first-order chi connectivity index (χ1) is 10.9. The van der Waals surface area contributed by atoms with E-state index in [1.807, 2.05) is 0 Å². The molecule has 3 aromatic rings. The Morgan fingerprint density at radius 3 is 2.74 bits per heavy atom. The summed E-state index contributed by atoms with van der Waals surface area (Å²) >= 11 is 7.82. The van der Waals surface area contributed by atoms with Crippen molar-refractivity contribution in [3.05, 3.63) is 57.9 Å². The summed E-state index contributed by atoms with van der Waals surface area (Å²) in [6.45, 7) is 3.88. The van der Waals surface area contributed by atoms with Gasteiger partial charge in [-0.1, -0.05) is 35.1 Å². The Bertz CT molecular complexity index is 1060. The molecule has 0 spiro atoms. The molecule has 0 unspecified atom stereocenters. The third kappa shape index (κ3) is 3.12. The molecule has 0 fully saturated rings. The summed E-state index contributed by atoms with van der Waals surface area (Å²) in [5.74, 6) is -0.432. The van der Waals surface area contributed by atoms with Crippen molar-refractivity contribution in [3.63, 3.8) is 0 Å². The molecule has 9 heteroatoms. The lowest BCUT2D eigenvalue weighted by molar-refractivity contribution is 0.597. The van der Waals surface area contributed by atoms with Crippen molar-refractivity contribution < 1.29 is 12.8 Å². The summed E-state index contributed by atoms with van der Waals surface area (Å²) in [5.41, 5.74) is 0.315. The molecule has 120 valence electrons. The minimum absolute atomic E-state index is 0.0468. The number of thiophene rings is 1. The van der Waals surface area contributed by atoms with E-state index in [4.69, 9.17) is 11.6 Å². The maximum absolute atomic E-state index is 14.1. The van der Waals surface area contributed by atoms with Crippen molar-refractivity contribution in [2.45, 2.75) is 10.8 Å². The molecule has 23 heavy (non-hydrogen) atoms. The minimum atomic E-state index is -3.90. The summed E-state index contributed by atoms with van der Waals surface area (Å²) in [7, 11) is -3.90. The van der Waals surface area contributed by atoms with Crippen LogP contribution in [-0.2, 0) is 16.6 Å². The monoisotopic (exact) mass is 388 g/mol. The third-order valence-corrected chi connectivity index (χ3v) is 7.09. The fraction of sp³-hybridized carbons (Fsp3) is 0.0714. The topological polar surface area (TPSA) is 51.4 Å². The highest BCUT2D eigenvalue weighted by molar-refractivity contribution is 7.92. The highest BCUT2D eigenvalue weighted by atomic mass is 35.5. The van der Waals surface area contributed by atoms with Crippen LogP contribution in [-0.4, -0.2) is 13.0 Å². The summed E-state index contributed by atoms with van der Waals surface area (Å²) in [5, 5.41) is 0. The Labute approximate surface area is 144 Å². The number of thiazole rings is 1. The van der Waals surface area contributed by atoms with Crippen LogP contribution in [0.4, 0.5) is 4.39 Å². The number of sulfonamides is 1. The van der Waals surface area contributed by atoms with Crippen molar-refractivity contribution in [1.29, 1.82) is 0 Å². The largest absolute Gasteiger partial charge is 0.309 e. The lowest BCUT2D eigenvalue weighted by atomic mass is 10.3. The van der Waals surface area contributed by atoms with Gasteiger partial charge in [-0.3, -0.25) is 0 Å². The highest BCUT2D eigenvalue weighted by Gasteiger charge is 2.17. The normalized spacial score (nSPS) is 12.9. The molecule has 0 saturated carbocycles. The summed E-state index contributed by atoms with van der Waals surface area (Å²) in [6.07, 6.45) is 1.56. The van der Waals surface area contributed by atoms with Gasteiger partial charge in [-0.2, -0.15) is 8.42 Å². The zero-order valence-corrected chi connectivity index (χ0v) is 14.8. The fourth-order valence-corrected chi connectivity index (χ4v) is 5.76. The molecule has 0 saturated heterocycles. The van der Waals surface area contributed by atoms with Gasteiger partial charge in [0.1, 0.15) is 10.0 Å². The smallest absolute Gasteiger partial charge is 0.294 e. The summed E-state index contributed by atoms with van der Waals surface area (Å²) < 4.78 is 45.3. The van der Waals surface area contributed by atoms with E-state index in [2.05, 4.69) is 11.0 Å². The second-order valence-electron chi connectivity index (χ2n) is 4.50. The van der Waals surface area contributed by atoms with E-state index in [-0.39, 0.29) is 15.6 Å². The molecule has 0 bridgehead atoms. The number of fused-ring (bicyclic) bond motifs is 1. The van der Waals surface area contributed by atoms with Crippen molar-refractivity contribution in [1.82, 2.24) is 4.57 Å². The highest BCUT2D eigenvalue weighted by Crippen LogP contribution is 2.27. The van der Waals surface area contributed by atoms with E-state index >= 15 is 0 Å². The maximum Gasteiger partial charge on any atom is 0.294 e. The second-order valence-corrected chi connectivity index (χ2v) is 9.05. The van der Waals surface area contributed by atoms with Crippen LogP contribution in [0.25, 0.3) is 10.2 Å². The Hall–Kier alpha value is -1.48. The molecule has 0 aliphatic rings. The molecule has 4 nitrogen and oxygen atoms in total. The van der Waals surface area contributed by atoms with E-state index in [9.17, 15) is 12.8 Å². The molecule has 1 aromatic carbocycles. The van der Waals surface area contributed by atoms with Crippen LogP contribution in [0.15, 0.2) is 51.6 Å². The van der Waals surface area contributed by atoms with Crippen LogP contribution in [0.5, 0.6) is 0 Å². The van der Waals surface area contributed by atoms with E-state index in [1.54, 1.807) is 18.2 Å². The van der Waals surface area contributed by atoms with Gasteiger partial charge in [0.2, 0.25) is 4.80 Å². The van der Waals surface area contributed by atoms with Gasteiger partial charge >= 0.3 is 0 Å². The van der Waals surface area contributed by atoms with Crippen LogP contribution in [0.1, 0.15) is 0 Å². The molecule has 2 heterocycles. The number of para-hydroxylation sites is 1. The Balaban J connectivity index is 2.29. The molecular weight excluding hydrogens is 379 g/mol. The molecule has 0 amide bonds. The number of hydrogen-bond donors (Lipinski definition) is 0. The minimum Gasteiger partial charge on any atom is -0.309 e. The number of hydrogen-bond acceptors (Lipinski definition) is 4. The number of nitrogens with zero attached hydrogens (tertiary/aromatic N) is 2. The fourth-order valence-electron chi connectivity index (χ4n) is 2.04. The van der Waals surface area contributed by atoms with Gasteiger partial charge in [-0.15, -0.1) is 22.3 Å². The van der Waals surface area contributed by atoms with E-state index < -0.39 is 15.8 Å². The van der Waals surface area contributed by atoms with Gasteiger partial charge in [-0.05, 0) is 24.3 Å². The number of halogens is 2. The number of rotatable bonds is 4. The zero-order valence-electron chi connectivity index (χ0n) is 11.6. The molecule has 0 atom stereocenters. The van der Waals surface area contributed by atoms with Crippen molar-refractivity contribution in [2.24, 2.45) is 4.40 Å². The van der Waals surface area contributed by atoms with Gasteiger partial charge < -0.3 is 4.57 Å². The standard InChI is InChI=1S/C14H10ClFN2O2S3/c1-2-8-18-13-9(16)4-3-5-10(13)21-14(18)17-23(19,20)12-7-6-11(15)22-12/h2-7H,1,8H2/b17-14-. The van der Waals surface area contributed by atoms with Crippen LogP contribution >= 0.6 is 34.3 Å². The van der Waals surface area contributed by atoms with Crippen molar-refractivity contribution in [2.75, 3.05) is 0 Å². The zero-order chi connectivity index (χ0) is 16.6. The molecule has 2 aromatic heterocycles. The van der Waals surface area contributed by atoms with Crippen LogP contribution in [0, 0.1) is 5.82 Å². The third-order valence-electron chi connectivity index (χ3n) is 2.96. The Morgan fingerprint density at radius 2 is 2.09 bits per heavy atom. The molecule has 0 aliphatic heterocycles. The number of benzene rings is 1. The second kappa shape index (κ2) is 6.20. The average molecular weight is 389 g/mol. The predicted molar refractivity (Wildman–Crippen MR) is 92.0 cm³/mol. The maximum atomic E-state index is 14.1. The van der Waals surface area contributed by atoms with Crippen LogP contribution < -0.4 is 4.80 Å². The van der Waals surface area contributed by atoms with E-state index in [1.165, 1.54) is 22.8 Å². The van der Waals surface area contributed by atoms with Gasteiger partial charge in [0, 0.05) is 6.54 Å². The summed E-state index contributed by atoms with van der Waals surface area (Å²) in [6, 6.07) is 7.51. The molecule has 3 rings (SSSR count). The molecule has 0 radical (unpaired) electrons. The molecule has 0 N–H and O–H groups in total.